The summed E-state index contributed by atoms with van der Waals surface area (Å²) in [5.41, 5.74) is 3.63. The van der Waals surface area contributed by atoms with Crippen molar-refractivity contribution in [3.05, 3.63) is 87.5 Å². The number of benzene rings is 2. The van der Waals surface area contributed by atoms with E-state index in [9.17, 15) is 4.79 Å². The largest absolute Gasteiger partial charge is 0.488 e. The summed E-state index contributed by atoms with van der Waals surface area (Å²) in [6.45, 7) is 6.27. The van der Waals surface area contributed by atoms with Crippen LogP contribution in [0.3, 0.4) is 0 Å². The van der Waals surface area contributed by atoms with Crippen LogP contribution in [-0.2, 0) is 13.2 Å². The van der Waals surface area contributed by atoms with E-state index in [4.69, 9.17) is 20.9 Å². The predicted octanol–water partition coefficient (Wildman–Crippen LogP) is 4.72. The Kier molecular flexibility index (Phi) is 6.23. The molecular formula is C23H22ClN5O3. The summed E-state index contributed by atoms with van der Waals surface area (Å²) in [4.78, 5) is 17.0. The smallest absolute Gasteiger partial charge is 0.280 e. The van der Waals surface area contributed by atoms with Gasteiger partial charge in [-0.05, 0) is 43.5 Å². The molecule has 0 spiro atoms. The molecule has 0 unspecified atom stereocenters. The van der Waals surface area contributed by atoms with E-state index in [0.717, 1.165) is 22.4 Å². The molecule has 0 aliphatic rings. The van der Waals surface area contributed by atoms with Gasteiger partial charge in [0.25, 0.3) is 5.91 Å². The first-order chi connectivity index (χ1) is 15.4. The molecule has 0 radical (unpaired) electrons. The van der Waals surface area contributed by atoms with Crippen LogP contribution in [0.1, 0.15) is 38.5 Å². The summed E-state index contributed by atoms with van der Waals surface area (Å²) in [5, 5.41) is 11.5. The van der Waals surface area contributed by atoms with Gasteiger partial charge in [0, 0.05) is 5.02 Å². The highest BCUT2D eigenvalue weighted by Crippen LogP contribution is 2.25. The Bertz CT molecular complexity index is 1240. The lowest BCUT2D eigenvalue weighted by Gasteiger charge is -2.11. The average molecular weight is 452 g/mol. The Morgan fingerprint density at radius 3 is 2.62 bits per heavy atom. The summed E-state index contributed by atoms with van der Waals surface area (Å²) >= 11 is 6.20. The van der Waals surface area contributed by atoms with Crippen LogP contribution in [0.5, 0.6) is 5.75 Å². The van der Waals surface area contributed by atoms with Gasteiger partial charge in [-0.15, -0.1) is 5.10 Å². The summed E-state index contributed by atoms with van der Waals surface area (Å²) in [7, 11) is 0. The number of amides is 1. The Morgan fingerprint density at radius 2 is 1.88 bits per heavy atom. The maximum atomic E-state index is 12.8. The fourth-order valence-corrected chi connectivity index (χ4v) is 3.50. The Labute approximate surface area is 190 Å². The maximum Gasteiger partial charge on any atom is 0.280 e. The Hall–Kier alpha value is -3.65. The summed E-state index contributed by atoms with van der Waals surface area (Å²) in [6.07, 6.45) is 1.53. The number of para-hydroxylation sites is 1. The molecule has 164 valence electrons. The molecular weight excluding hydrogens is 430 g/mol. The molecule has 2 aromatic heterocycles. The standard InChI is InChI=1S/C23H22ClN5O3/c1-14-7-6-8-15(2)21(14)31-12-18-16(3)32-28-20(18)22(30)26-23-25-13-29(27-23)11-17-9-4-5-10-19(17)24/h4-10,13H,11-12H2,1-3H3,(H,26,27,30). The van der Waals surface area contributed by atoms with Gasteiger partial charge in [-0.2, -0.15) is 0 Å². The van der Waals surface area contributed by atoms with Crippen molar-refractivity contribution in [2.24, 2.45) is 0 Å². The molecule has 4 aromatic rings. The first kappa shape index (κ1) is 21.6. The lowest BCUT2D eigenvalue weighted by molar-refractivity contribution is 0.101. The number of aromatic nitrogens is 4. The van der Waals surface area contributed by atoms with Gasteiger partial charge in [-0.1, -0.05) is 53.2 Å². The van der Waals surface area contributed by atoms with E-state index < -0.39 is 5.91 Å². The van der Waals surface area contributed by atoms with Gasteiger partial charge >= 0.3 is 0 Å². The first-order valence-electron chi connectivity index (χ1n) is 10.0. The van der Waals surface area contributed by atoms with Crippen molar-refractivity contribution in [3.8, 4) is 5.75 Å². The van der Waals surface area contributed by atoms with Gasteiger partial charge in [-0.25, -0.2) is 9.67 Å². The van der Waals surface area contributed by atoms with E-state index in [2.05, 4.69) is 20.6 Å². The van der Waals surface area contributed by atoms with Crippen LogP contribution in [0.2, 0.25) is 5.02 Å². The lowest BCUT2D eigenvalue weighted by atomic mass is 10.1. The van der Waals surface area contributed by atoms with Gasteiger partial charge < -0.3 is 9.26 Å². The highest BCUT2D eigenvalue weighted by atomic mass is 35.5. The molecule has 1 amide bonds. The average Bonchev–Trinajstić information content (AvgIpc) is 3.35. The highest BCUT2D eigenvalue weighted by Gasteiger charge is 2.22. The third-order valence-corrected chi connectivity index (χ3v) is 5.39. The fraction of sp³-hybridized carbons (Fsp3) is 0.217. The number of hydrogen-bond donors (Lipinski definition) is 1. The van der Waals surface area contributed by atoms with Gasteiger partial charge in [0.15, 0.2) is 5.69 Å². The van der Waals surface area contributed by atoms with E-state index in [1.54, 1.807) is 11.6 Å². The van der Waals surface area contributed by atoms with Crippen LogP contribution in [0.4, 0.5) is 5.95 Å². The van der Waals surface area contributed by atoms with Crippen LogP contribution >= 0.6 is 11.6 Å². The Morgan fingerprint density at radius 1 is 1.12 bits per heavy atom. The number of hydrogen-bond acceptors (Lipinski definition) is 6. The molecule has 4 rings (SSSR count). The van der Waals surface area contributed by atoms with Crippen molar-refractivity contribution in [3.63, 3.8) is 0 Å². The monoisotopic (exact) mass is 451 g/mol. The van der Waals surface area contributed by atoms with Crippen molar-refractivity contribution >= 4 is 23.5 Å². The topological polar surface area (TPSA) is 95.1 Å². The van der Waals surface area contributed by atoms with Gasteiger partial charge in [0.05, 0.1) is 12.1 Å². The summed E-state index contributed by atoms with van der Waals surface area (Å²) < 4.78 is 12.8. The zero-order valence-corrected chi connectivity index (χ0v) is 18.7. The van der Waals surface area contributed by atoms with Crippen LogP contribution in [0.25, 0.3) is 0 Å². The molecule has 9 heteroatoms. The van der Waals surface area contributed by atoms with Gasteiger partial charge in [-0.3, -0.25) is 10.1 Å². The second-order valence-electron chi connectivity index (χ2n) is 7.39. The number of nitrogens with one attached hydrogen (secondary N) is 1. The third-order valence-electron chi connectivity index (χ3n) is 5.02. The second-order valence-corrected chi connectivity index (χ2v) is 7.79. The number of halogens is 1. The molecule has 0 atom stereocenters. The molecule has 0 saturated carbocycles. The number of ether oxygens (including phenoxy) is 1. The molecule has 0 fully saturated rings. The summed E-state index contributed by atoms with van der Waals surface area (Å²) in [6, 6.07) is 13.4. The number of anilines is 1. The molecule has 32 heavy (non-hydrogen) atoms. The lowest BCUT2D eigenvalue weighted by Crippen LogP contribution is -2.16. The van der Waals surface area contributed by atoms with E-state index in [1.807, 2.05) is 56.3 Å². The molecule has 2 aromatic carbocycles. The molecule has 8 nitrogen and oxygen atoms in total. The minimum Gasteiger partial charge on any atom is -0.488 e. The predicted molar refractivity (Wildman–Crippen MR) is 120 cm³/mol. The van der Waals surface area contributed by atoms with E-state index >= 15 is 0 Å². The van der Waals surface area contributed by atoms with E-state index in [1.165, 1.54) is 6.33 Å². The number of aryl methyl sites for hydroxylation is 3. The molecule has 0 saturated heterocycles. The highest BCUT2D eigenvalue weighted by molar-refractivity contribution is 6.31. The van der Waals surface area contributed by atoms with Crippen LogP contribution in [-0.4, -0.2) is 25.8 Å². The SMILES string of the molecule is Cc1cccc(C)c1OCc1c(C(=O)Nc2ncn(Cc3ccccc3Cl)n2)noc1C. The number of carbonyl (C=O) groups excluding carboxylic acids is 1. The van der Waals surface area contributed by atoms with Crippen LogP contribution in [0.15, 0.2) is 53.3 Å². The van der Waals surface area contributed by atoms with Gasteiger partial charge in [0.2, 0.25) is 5.95 Å². The molecule has 1 N–H and O–H groups in total. The molecule has 0 aliphatic carbocycles. The molecule has 0 bridgehead atoms. The number of carbonyl (C=O) groups is 1. The quantitative estimate of drug-likeness (QED) is 0.436. The number of rotatable bonds is 7. The Balaban J connectivity index is 1.46. The summed E-state index contributed by atoms with van der Waals surface area (Å²) in [5.74, 6) is 0.972. The van der Waals surface area contributed by atoms with Crippen molar-refractivity contribution in [2.75, 3.05) is 5.32 Å². The zero-order valence-electron chi connectivity index (χ0n) is 17.9. The van der Waals surface area contributed by atoms with Crippen molar-refractivity contribution in [2.45, 2.75) is 33.9 Å². The molecule has 0 aliphatic heterocycles. The van der Waals surface area contributed by atoms with Crippen molar-refractivity contribution in [1.82, 2.24) is 19.9 Å². The minimum atomic E-state index is -0.475. The zero-order chi connectivity index (χ0) is 22.7. The van der Waals surface area contributed by atoms with Crippen LogP contribution in [0, 0.1) is 20.8 Å². The molecule has 2 heterocycles. The fourth-order valence-electron chi connectivity index (χ4n) is 3.30. The third kappa shape index (κ3) is 4.65. The minimum absolute atomic E-state index is 0.135. The maximum absolute atomic E-state index is 12.8. The number of nitrogens with zero attached hydrogens (tertiary/aromatic N) is 4. The van der Waals surface area contributed by atoms with Crippen LogP contribution < -0.4 is 10.1 Å². The van der Waals surface area contributed by atoms with E-state index in [-0.39, 0.29) is 18.2 Å². The second kappa shape index (κ2) is 9.23. The van der Waals surface area contributed by atoms with Gasteiger partial charge in [0.1, 0.15) is 24.4 Å². The first-order valence-corrected chi connectivity index (χ1v) is 10.4. The van der Waals surface area contributed by atoms with Crippen molar-refractivity contribution < 1.29 is 14.1 Å². The van der Waals surface area contributed by atoms with E-state index in [0.29, 0.717) is 22.9 Å². The van der Waals surface area contributed by atoms with Crippen molar-refractivity contribution in [1.29, 1.82) is 0 Å². The normalized spacial score (nSPS) is 10.9.